The maximum atomic E-state index is 7.84. The van der Waals surface area contributed by atoms with Crippen molar-refractivity contribution in [2.24, 2.45) is 4.99 Å². The lowest BCUT2D eigenvalue weighted by Crippen LogP contribution is -2.06. The minimum Gasteiger partial charge on any atom is -0.368 e. The second-order valence-electron chi connectivity index (χ2n) is 1.31. The summed E-state index contributed by atoms with van der Waals surface area (Å²) in [6.07, 6.45) is 3.07. The molecule has 0 spiro atoms. The first kappa shape index (κ1) is 10.9. The van der Waals surface area contributed by atoms with Crippen LogP contribution in [0.4, 0.5) is 0 Å². The Morgan fingerprint density at radius 3 is 2.00 bits per heavy atom. The number of aliphatic imine (C=N–C) groups is 1. The van der Waals surface area contributed by atoms with E-state index in [0.29, 0.717) is 0 Å². The first-order valence-electron chi connectivity index (χ1n) is 2.86. The molecule has 0 aromatic carbocycles. The highest BCUT2D eigenvalue weighted by molar-refractivity contribution is 5.54. The van der Waals surface area contributed by atoms with Gasteiger partial charge in [0.1, 0.15) is 6.34 Å². The average Bonchev–Trinajstić information content (AvgIpc) is 1.88. The Balaban J connectivity index is 0. The molecule has 0 unspecified atom stereocenters. The van der Waals surface area contributed by atoms with Gasteiger partial charge in [0.05, 0.1) is 0 Å². The van der Waals surface area contributed by atoms with Crippen molar-refractivity contribution in [3.05, 3.63) is 0 Å². The van der Waals surface area contributed by atoms with Gasteiger partial charge < -0.3 is 4.90 Å². The zero-order chi connectivity index (χ0) is 7.70. The van der Waals surface area contributed by atoms with E-state index in [1.807, 2.05) is 13.8 Å². The molecular weight excluding hydrogens is 114 g/mol. The van der Waals surface area contributed by atoms with Crippen molar-refractivity contribution >= 4 is 6.34 Å². The van der Waals surface area contributed by atoms with Crippen molar-refractivity contribution in [3.8, 4) is 6.19 Å². The van der Waals surface area contributed by atoms with E-state index in [4.69, 9.17) is 5.26 Å². The molecule has 52 valence electrons. The highest BCUT2D eigenvalue weighted by atomic mass is 15.1. The largest absolute Gasteiger partial charge is 0.368 e. The van der Waals surface area contributed by atoms with Crippen molar-refractivity contribution in [1.29, 1.82) is 5.26 Å². The van der Waals surface area contributed by atoms with Crippen molar-refractivity contribution < 1.29 is 0 Å². The first-order chi connectivity index (χ1) is 4.27. The van der Waals surface area contributed by atoms with E-state index in [-0.39, 0.29) is 0 Å². The SMILES string of the molecule is CC.CN(C)C=NC#N. The molecular formula is C6H13N3. The van der Waals surface area contributed by atoms with Gasteiger partial charge in [-0.05, 0) is 0 Å². The van der Waals surface area contributed by atoms with Gasteiger partial charge in [0.15, 0.2) is 0 Å². The van der Waals surface area contributed by atoms with Gasteiger partial charge in [-0.1, -0.05) is 13.8 Å². The van der Waals surface area contributed by atoms with Crippen LogP contribution in [0.2, 0.25) is 0 Å². The third kappa shape index (κ3) is 19.5. The molecule has 0 aliphatic carbocycles. The maximum absolute atomic E-state index is 7.84. The van der Waals surface area contributed by atoms with E-state index < -0.39 is 0 Å². The monoisotopic (exact) mass is 127 g/mol. The van der Waals surface area contributed by atoms with Crippen LogP contribution in [0.3, 0.4) is 0 Å². The summed E-state index contributed by atoms with van der Waals surface area (Å²) in [6, 6.07) is 0. The van der Waals surface area contributed by atoms with Crippen molar-refractivity contribution in [2.75, 3.05) is 14.1 Å². The fourth-order valence-corrected chi connectivity index (χ4v) is 0.141. The standard InChI is InChI=1S/C4H7N3.C2H6/c1-7(2)4-6-3-5;1-2/h4H,1-2H3;1-2H3. The molecule has 0 saturated carbocycles. The summed E-state index contributed by atoms with van der Waals surface area (Å²) in [6.45, 7) is 4.00. The average molecular weight is 127 g/mol. The van der Waals surface area contributed by atoms with Gasteiger partial charge in [-0.15, -0.1) is 0 Å². The first-order valence-corrected chi connectivity index (χ1v) is 2.86. The summed E-state index contributed by atoms with van der Waals surface area (Å²) >= 11 is 0. The molecule has 0 heterocycles. The van der Waals surface area contributed by atoms with E-state index >= 15 is 0 Å². The van der Waals surface area contributed by atoms with Crippen LogP contribution in [0.5, 0.6) is 0 Å². The lowest BCUT2D eigenvalue weighted by molar-refractivity contribution is 0.643. The molecule has 0 N–H and O–H groups in total. The van der Waals surface area contributed by atoms with Crippen LogP contribution in [0.25, 0.3) is 0 Å². The van der Waals surface area contributed by atoms with E-state index in [1.165, 1.54) is 6.34 Å². The number of nitriles is 1. The maximum Gasteiger partial charge on any atom is 0.207 e. The Kier molecular flexibility index (Phi) is 12.1. The molecule has 0 saturated heterocycles. The predicted molar refractivity (Wildman–Crippen MR) is 39.1 cm³/mol. The molecule has 0 aromatic heterocycles. The van der Waals surface area contributed by atoms with Crippen LogP contribution < -0.4 is 0 Å². The van der Waals surface area contributed by atoms with E-state index in [1.54, 1.807) is 25.2 Å². The lowest BCUT2D eigenvalue weighted by Gasteiger charge is -1.97. The molecule has 3 nitrogen and oxygen atoms in total. The molecule has 0 rings (SSSR count). The highest BCUT2D eigenvalue weighted by Crippen LogP contribution is 1.62. The van der Waals surface area contributed by atoms with Crippen LogP contribution in [-0.2, 0) is 0 Å². The van der Waals surface area contributed by atoms with E-state index in [9.17, 15) is 0 Å². The predicted octanol–water partition coefficient (Wildman–Crippen LogP) is 1.08. The number of rotatable bonds is 1. The minimum atomic E-state index is 1.44. The van der Waals surface area contributed by atoms with Gasteiger partial charge in [0, 0.05) is 14.1 Å². The van der Waals surface area contributed by atoms with Gasteiger partial charge in [-0.2, -0.15) is 10.3 Å². The molecule has 0 fully saturated rings. The second-order valence-corrected chi connectivity index (χ2v) is 1.31. The van der Waals surface area contributed by atoms with Crippen LogP contribution in [0.15, 0.2) is 4.99 Å². The number of hydrogen-bond acceptors (Lipinski definition) is 2. The van der Waals surface area contributed by atoms with Gasteiger partial charge in [0.25, 0.3) is 0 Å². The van der Waals surface area contributed by atoms with Gasteiger partial charge in [-0.25, -0.2) is 0 Å². The highest BCUT2D eigenvalue weighted by Gasteiger charge is 1.70. The fraction of sp³-hybridized carbons (Fsp3) is 0.667. The fourth-order valence-electron chi connectivity index (χ4n) is 0.141. The van der Waals surface area contributed by atoms with Gasteiger partial charge in [0.2, 0.25) is 6.19 Å². The molecule has 9 heavy (non-hydrogen) atoms. The molecule has 0 radical (unpaired) electrons. The molecule has 0 bridgehead atoms. The molecule has 0 atom stereocenters. The summed E-state index contributed by atoms with van der Waals surface area (Å²) in [7, 11) is 3.61. The summed E-state index contributed by atoms with van der Waals surface area (Å²) < 4.78 is 0. The van der Waals surface area contributed by atoms with Crippen molar-refractivity contribution in [1.82, 2.24) is 4.90 Å². The molecule has 0 amide bonds. The Bertz CT molecular complexity index is 99.4. The lowest BCUT2D eigenvalue weighted by atomic mass is 10.9. The zero-order valence-electron chi connectivity index (χ0n) is 6.42. The summed E-state index contributed by atoms with van der Waals surface area (Å²) in [4.78, 5) is 4.98. The Hall–Kier alpha value is -1.04. The van der Waals surface area contributed by atoms with E-state index in [2.05, 4.69) is 4.99 Å². The van der Waals surface area contributed by atoms with Crippen LogP contribution >= 0.6 is 0 Å². The Morgan fingerprint density at radius 1 is 1.44 bits per heavy atom. The summed E-state index contributed by atoms with van der Waals surface area (Å²) in [5.74, 6) is 0. The molecule has 3 heteroatoms. The van der Waals surface area contributed by atoms with Gasteiger partial charge >= 0.3 is 0 Å². The normalized spacial score (nSPS) is 7.44. The zero-order valence-corrected chi connectivity index (χ0v) is 6.42. The smallest absolute Gasteiger partial charge is 0.207 e. The second kappa shape index (κ2) is 10.0. The summed E-state index contributed by atoms with van der Waals surface area (Å²) in [5.41, 5.74) is 0. The third-order valence-electron chi connectivity index (χ3n) is 0.346. The van der Waals surface area contributed by atoms with Crippen LogP contribution in [0.1, 0.15) is 13.8 Å². The third-order valence-corrected chi connectivity index (χ3v) is 0.346. The quantitative estimate of drug-likeness (QED) is 0.300. The van der Waals surface area contributed by atoms with Crippen molar-refractivity contribution in [3.63, 3.8) is 0 Å². The topological polar surface area (TPSA) is 39.4 Å². The Morgan fingerprint density at radius 2 is 1.89 bits per heavy atom. The summed E-state index contributed by atoms with van der Waals surface area (Å²) in [5, 5.41) is 7.84. The van der Waals surface area contributed by atoms with E-state index in [0.717, 1.165) is 0 Å². The Labute approximate surface area is 56.6 Å². The number of hydrogen-bond donors (Lipinski definition) is 0. The molecule has 0 aliphatic heterocycles. The van der Waals surface area contributed by atoms with Crippen LogP contribution in [0, 0.1) is 11.5 Å². The van der Waals surface area contributed by atoms with Crippen LogP contribution in [-0.4, -0.2) is 25.3 Å². The van der Waals surface area contributed by atoms with Gasteiger partial charge in [-0.3, -0.25) is 0 Å². The minimum absolute atomic E-state index is 1.44. The number of nitrogens with zero attached hydrogens (tertiary/aromatic N) is 3. The van der Waals surface area contributed by atoms with Crippen molar-refractivity contribution in [2.45, 2.75) is 13.8 Å². The molecule has 0 aliphatic rings. The molecule has 0 aromatic rings.